The van der Waals surface area contributed by atoms with Crippen LogP contribution in [0.2, 0.25) is 0 Å². The fourth-order valence-corrected chi connectivity index (χ4v) is 4.24. The van der Waals surface area contributed by atoms with E-state index in [1.807, 2.05) is 60.7 Å². The molecular weight excluding hydrogens is 418 g/mol. The normalized spacial score (nSPS) is 16.5. The molecule has 0 radical (unpaired) electrons. The number of likely N-dealkylation sites (tertiary alicyclic amines) is 1. The van der Waals surface area contributed by atoms with Gasteiger partial charge in [-0.15, -0.1) is 0 Å². The van der Waals surface area contributed by atoms with Crippen LogP contribution in [0.3, 0.4) is 0 Å². The van der Waals surface area contributed by atoms with Gasteiger partial charge >= 0.3 is 0 Å². The Morgan fingerprint density at radius 2 is 1.64 bits per heavy atom. The molecule has 1 fully saturated rings. The quantitative estimate of drug-likeness (QED) is 0.520. The molecule has 33 heavy (non-hydrogen) atoms. The topological polar surface area (TPSA) is 110 Å². The number of benzene rings is 3. The Labute approximate surface area is 191 Å². The predicted octanol–water partition coefficient (Wildman–Crippen LogP) is 2.11. The molecule has 7 nitrogen and oxygen atoms in total. The van der Waals surface area contributed by atoms with Crippen LogP contribution in [-0.2, 0) is 32.1 Å². The molecule has 2 atom stereocenters. The van der Waals surface area contributed by atoms with Crippen molar-refractivity contribution in [3.05, 3.63) is 83.9 Å². The summed E-state index contributed by atoms with van der Waals surface area (Å²) in [6.07, 6.45) is 0.736. The standard InChI is InChI=1S/C26H25N3O4/c27-25(32)24(31)21(15-17-6-2-1-3-7-17)28-26(33)22-12-13-23(30)29(22)16-18-10-11-19-8-4-5-9-20(19)14-18/h1-11,14,21-22H,12-13,15-16H2,(H2,27,32)(H,28,33)/t21?,22-/m1/s1. The molecule has 0 saturated carbocycles. The number of hydrogen-bond donors (Lipinski definition) is 2. The van der Waals surface area contributed by atoms with E-state index in [1.54, 1.807) is 12.1 Å². The van der Waals surface area contributed by atoms with E-state index in [0.29, 0.717) is 6.42 Å². The van der Waals surface area contributed by atoms with Gasteiger partial charge in [0.2, 0.25) is 17.6 Å². The number of fused-ring (bicyclic) bond motifs is 1. The SMILES string of the molecule is NC(=O)C(=O)C(Cc1ccccc1)NC(=O)[C@H]1CCC(=O)N1Cc1ccc2ccccc2c1. The molecule has 1 aliphatic heterocycles. The molecule has 3 aromatic rings. The predicted molar refractivity (Wildman–Crippen MR) is 124 cm³/mol. The van der Waals surface area contributed by atoms with Crippen LogP contribution in [0.15, 0.2) is 72.8 Å². The minimum absolute atomic E-state index is 0.121. The Balaban J connectivity index is 1.51. The number of hydrogen-bond acceptors (Lipinski definition) is 4. The summed E-state index contributed by atoms with van der Waals surface area (Å²) in [5.41, 5.74) is 6.91. The Morgan fingerprint density at radius 1 is 0.939 bits per heavy atom. The highest BCUT2D eigenvalue weighted by atomic mass is 16.2. The van der Waals surface area contributed by atoms with Gasteiger partial charge in [-0.05, 0) is 34.4 Å². The van der Waals surface area contributed by atoms with E-state index in [0.717, 1.165) is 21.9 Å². The summed E-state index contributed by atoms with van der Waals surface area (Å²) < 4.78 is 0. The summed E-state index contributed by atoms with van der Waals surface area (Å²) in [5.74, 6) is -2.55. The van der Waals surface area contributed by atoms with Gasteiger partial charge in [-0.3, -0.25) is 19.2 Å². The maximum Gasteiger partial charge on any atom is 0.287 e. The number of Topliss-reactive ketones (excluding diaryl/α,β-unsaturated/α-hetero) is 1. The van der Waals surface area contributed by atoms with Crippen LogP contribution in [-0.4, -0.2) is 40.5 Å². The Morgan fingerprint density at radius 3 is 2.36 bits per heavy atom. The Bertz CT molecular complexity index is 1210. The van der Waals surface area contributed by atoms with Crippen molar-refractivity contribution in [2.75, 3.05) is 0 Å². The number of rotatable bonds is 8. The average molecular weight is 444 g/mol. The molecule has 1 aliphatic rings. The molecular formula is C26H25N3O4. The van der Waals surface area contributed by atoms with E-state index in [9.17, 15) is 19.2 Å². The lowest BCUT2D eigenvalue weighted by atomic mass is 10.0. The molecule has 7 heteroatoms. The summed E-state index contributed by atoms with van der Waals surface area (Å²) in [4.78, 5) is 51.2. The summed E-state index contributed by atoms with van der Waals surface area (Å²) in [5, 5.41) is 4.82. The molecule has 1 saturated heterocycles. The molecule has 3 amide bonds. The summed E-state index contributed by atoms with van der Waals surface area (Å²) >= 11 is 0. The lowest BCUT2D eigenvalue weighted by molar-refractivity contribution is -0.140. The van der Waals surface area contributed by atoms with Crippen molar-refractivity contribution in [3.8, 4) is 0 Å². The highest BCUT2D eigenvalue weighted by Gasteiger charge is 2.38. The first kappa shape index (κ1) is 22.2. The highest BCUT2D eigenvalue weighted by Crippen LogP contribution is 2.24. The van der Waals surface area contributed by atoms with Crippen LogP contribution in [0, 0.1) is 0 Å². The van der Waals surface area contributed by atoms with Crippen molar-refractivity contribution in [2.45, 2.75) is 37.9 Å². The van der Waals surface area contributed by atoms with Crippen molar-refractivity contribution in [1.29, 1.82) is 0 Å². The maximum absolute atomic E-state index is 13.1. The maximum atomic E-state index is 13.1. The minimum Gasteiger partial charge on any atom is -0.363 e. The molecule has 168 valence electrons. The molecule has 0 spiro atoms. The van der Waals surface area contributed by atoms with E-state index in [2.05, 4.69) is 5.32 Å². The van der Waals surface area contributed by atoms with Gasteiger partial charge in [-0.1, -0.05) is 66.7 Å². The Hall–Kier alpha value is -4.00. The molecule has 3 aromatic carbocycles. The van der Waals surface area contributed by atoms with Gasteiger partial charge in [0.05, 0.1) is 0 Å². The van der Waals surface area contributed by atoms with Crippen molar-refractivity contribution < 1.29 is 19.2 Å². The molecule has 4 rings (SSSR count). The fourth-order valence-electron chi connectivity index (χ4n) is 4.24. The van der Waals surface area contributed by atoms with Gasteiger partial charge in [0.25, 0.3) is 5.91 Å². The van der Waals surface area contributed by atoms with Crippen molar-refractivity contribution in [3.63, 3.8) is 0 Å². The van der Waals surface area contributed by atoms with E-state index < -0.39 is 29.7 Å². The number of amides is 3. The minimum atomic E-state index is -1.10. The lowest BCUT2D eigenvalue weighted by Gasteiger charge is -2.26. The van der Waals surface area contributed by atoms with Crippen LogP contribution < -0.4 is 11.1 Å². The third-order valence-electron chi connectivity index (χ3n) is 5.96. The second kappa shape index (κ2) is 9.65. The van der Waals surface area contributed by atoms with Crippen molar-refractivity contribution >= 4 is 34.3 Å². The monoisotopic (exact) mass is 443 g/mol. The van der Waals surface area contributed by atoms with Crippen molar-refractivity contribution in [1.82, 2.24) is 10.2 Å². The zero-order chi connectivity index (χ0) is 23.4. The summed E-state index contributed by atoms with van der Waals surface area (Å²) in [6, 6.07) is 21.1. The molecule has 0 aliphatic carbocycles. The zero-order valence-electron chi connectivity index (χ0n) is 18.1. The van der Waals surface area contributed by atoms with Gasteiger partial charge < -0.3 is 16.0 Å². The number of nitrogens with two attached hydrogens (primary N) is 1. The van der Waals surface area contributed by atoms with Gasteiger partial charge in [0.1, 0.15) is 12.1 Å². The molecule has 1 unspecified atom stereocenters. The van der Waals surface area contributed by atoms with E-state index in [1.165, 1.54) is 4.90 Å². The van der Waals surface area contributed by atoms with Gasteiger partial charge in [0, 0.05) is 19.4 Å². The summed E-state index contributed by atoms with van der Waals surface area (Å²) in [6.45, 7) is 0.287. The second-order valence-corrected chi connectivity index (χ2v) is 8.24. The third kappa shape index (κ3) is 5.09. The number of carbonyl (C=O) groups excluding carboxylic acids is 4. The van der Waals surface area contributed by atoms with Crippen LogP contribution in [0.1, 0.15) is 24.0 Å². The molecule has 3 N–H and O–H groups in total. The lowest BCUT2D eigenvalue weighted by Crippen LogP contribution is -2.53. The molecule has 0 bridgehead atoms. The average Bonchev–Trinajstić information content (AvgIpc) is 3.18. The molecule has 0 aromatic heterocycles. The van der Waals surface area contributed by atoms with E-state index in [4.69, 9.17) is 5.73 Å². The van der Waals surface area contributed by atoms with Crippen LogP contribution in [0.4, 0.5) is 0 Å². The first-order chi connectivity index (χ1) is 15.9. The van der Waals surface area contributed by atoms with Crippen LogP contribution >= 0.6 is 0 Å². The van der Waals surface area contributed by atoms with Crippen LogP contribution in [0.25, 0.3) is 10.8 Å². The summed E-state index contributed by atoms with van der Waals surface area (Å²) in [7, 11) is 0. The number of carbonyl (C=O) groups is 4. The Kier molecular flexibility index (Phi) is 6.49. The van der Waals surface area contributed by atoms with Crippen molar-refractivity contribution in [2.24, 2.45) is 5.73 Å². The first-order valence-electron chi connectivity index (χ1n) is 10.9. The highest BCUT2D eigenvalue weighted by molar-refractivity contribution is 6.38. The second-order valence-electron chi connectivity index (χ2n) is 8.24. The van der Waals surface area contributed by atoms with Gasteiger partial charge in [-0.2, -0.15) is 0 Å². The smallest absolute Gasteiger partial charge is 0.287 e. The third-order valence-corrected chi connectivity index (χ3v) is 5.96. The first-order valence-corrected chi connectivity index (χ1v) is 10.9. The van der Waals surface area contributed by atoms with Gasteiger partial charge in [-0.25, -0.2) is 0 Å². The van der Waals surface area contributed by atoms with E-state index in [-0.39, 0.29) is 25.3 Å². The zero-order valence-corrected chi connectivity index (χ0v) is 18.1. The number of primary amides is 1. The van der Waals surface area contributed by atoms with E-state index >= 15 is 0 Å². The number of nitrogens with zero attached hydrogens (tertiary/aromatic N) is 1. The fraction of sp³-hybridized carbons (Fsp3) is 0.231. The van der Waals surface area contributed by atoms with Crippen LogP contribution in [0.5, 0.6) is 0 Å². The number of ketones is 1. The molecule has 1 heterocycles. The number of nitrogens with one attached hydrogen (secondary N) is 1. The van der Waals surface area contributed by atoms with Gasteiger partial charge in [0.15, 0.2) is 0 Å². The largest absolute Gasteiger partial charge is 0.363 e.